The van der Waals surface area contributed by atoms with E-state index in [1.54, 1.807) is 13.8 Å². The van der Waals surface area contributed by atoms with Gasteiger partial charge in [0.1, 0.15) is 11.6 Å². The van der Waals surface area contributed by atoms with Crippen LogP contribution in [0.4, 0.5) is 5.69 Å². The molecule has 0 saturated heterocycles. The lowest BCUT2D eigenvalue weighted by Crippen LogP contribution is -2.24. The zero-order chi connectivity index (χ0) is 19.4. The number of hydrogen-bond donors (Lipinski definition) is 1. The van der Waals surface area contributed by atoms with Crippen LogP contribution >= 0.6 is 0 Å². The Kier molecular flexibility index (Phi) is 5.18. The molecule has 0 aliphatic rings. The Labute approximate surface area is 157 Å². The number of benzene rings is 2. The molecule has 27 heavy (non-hydrogen) atoms. The van der Waals surface area contributed by atoms with Crippen molar-refractivity contribution < 1.29 is 5.11 Å². The normalized spacial score (nSPS) is 10.9. The number of pyridine rings is 1. The maximum atomic E-state index is 12.2. The van der Waals surface area contributed by atoms with Crippen molar-refractivity contribution in [3.8, 4) is 23.1 Å². The smallest absolute Gasteiger partial charge is 0.271 e. The van der Waals surface area contributed by atoms with Crippen molar-refractivity contribution in [1.29, 1.82) is 5.26 Å². The number of nitriles is 1. The molecule has 2 aromatic carbocycles. The average Bonchev–Trinajstić information content (AvgIpc) is 2.70. The van der Waals surface area contributed by atoms with E-state index in [-0.39, 0.29) is 18.0 Å². The van der Waals surface area contributed by atoms with E-state index in [4.69, 9.17) is 0 Å². The summed E-state index contributed by atoms with van der Waals surface area (Å²) >= 11 is 0. The van der Waals surface area contributed by atoms with Gasteiger partial charge in [-0.2, -0.15) is 5.26 Å². The number of rotatable bonds is 4. The van der Waals surface area contributed by atoms with Gasteiger partial charge in [0, 0.05) is 12.8 Å². The summed E-state index contributed by atoms with van der Waals surface area (Å²) in [4.78, 5) is 16.6. The molecule has 5 nitrogen and oxygen atoms in total. The van der Waals surface area contributed by atoms with Gasteiger partial charge >= 0.3 is 0 Å². The van der Waals surface area contributed by atoms with E-state index in [1.807, 2.05) is 60.7 Å². The zero-order valence-electron chi connectivity index (χ0n) is 15.2. The van der Waals surface area contributed by atoms with Crippen LogP contribution < -0.4 is 5.56 Å². The van der Waals surface area contributed by atoms with E-state index in [0.29, 0.717) is 16.8 Å². The van der Waals surface area contributed by atoms with Crippen molar-refractivity contribution in [2.45, 2.75) is 20.4 Å². The predicted molar refractivity (Wildman–Crippen MR) is 107 cm³/mol. The average molecular weight is 357 g/mol. The fourth-order valence-electron chi connectivity index (χ4n) is 2.93. The number of aromatic hydroxyl groups is 1. The summed E-state index contributed by atoms with van der Waals surface area (Å²) in [6, 6.07) is 19.7. The van der Waals surface area contributed by atoms with Crippen LogP contribution in [0.5, 0.6) is 5.88 Å². The molecule has 3 rings (SSSR count). The maximum absolute atomic E-state index is 12.2. The Bertz CT molecular complexity index is 1090. The third kappa shape index (κ3) is 3.51. The molecule has 0 spiro atoms. The first-order valence-electron chi connectivity index (χ1n) is 8.62. The summed E-state index contributed by atoms with van der Waals surface area (Å²) < 4.78 is 1.17. The molecule has 1 heterocycles. The summed E-state index contributed by atoms with van der Waals surface area (Å²) in [5.74, 6) is -0.177. The van der Waals surface area contributed by atoms with Crippen molar-refractivity contribution in [3.63, 3.8) is 0 Å². The summed E-state index contributed by atoms with van der Waals surface area (Å²) in [6.07, 6.45) is 1.49. The van der Waals surface area contributed by atoms with Crippen LogP contribution in [0.15, 0.2) is 64.4 Å². The van der Waals surface area contributed by atoms with Gasteiger partial charge in [0.15, 0.2) is 0 Å². The fourth-order valence-corrected chi connectivity index (χ4v) is 2.93. The summed E-state index contributed by atoms with van der Waals surface area (Å²) in [5, 5.41) is 19.7. The number of aromatic nitrogens is 1. The highest BCUT2D eigenvalue weighted by atomic mass is 16.3. The standard InChI is InChI=1S/C22H19N3O2/c1-3-25-21(26)19(13-23)15(2)20(22(25)27)14-24-18-11-9-17(10-12-18)16-7-5-4-6-8-16/h4-12,14,27H,3H2,1-2H3. The second-order valence-electron chi connectivity index (χ2n) is 6.07. The van der Waals surface area contributed by atoms with Crippen molar-refractivity contribution in [3.05, 3.63) is 81.6 Å². The largest absolute Gasteiger partial charge is 0.494 e. The third-order valence-electron chi connectivity index (χ3n) is 4.48. The van der Waals surface area contributed by atoms with Gasteiger partial charge < -0.3 is 5.11 Å². The molecule has 0 bridgehead atoms. The molecular weight excluding hydrogens is 338 g/mol. The molecule has 0 unspecified atom stereocenters. The number of nitrogens with zero attached hydrogens (tertiary/aromatic N) is 3. The second kappa shape index (κ2) is 7.71. The van der Waals surface area contributed by atoms with E-state index in [9.17, 15) is 15.2 Å². The zero-order valence-corrected chi connectivity index (χ0v) is 15.2. The number of hydrogen-bond acceptors (Lipinski definition) is 4. The van der Waals surface area contributed by atoms with Gasteiger partial charge in [-0.15, -0.1) is 0 Å². The first kappa shape index (κ1) is 18.2. The molecule has 1 aromatic heterocycles. The van der Waals surface area contributed by atoms with Gasteiger partial charge in [-0.1, -0.05) is 42.5 Å². The lowest BCUT2D eigenvalue weighted by Gasteiger charge is -2.12. The Morgan fingerprint density at radius 1 is 1.11 bits per heavy atom. The first-order chi connectivity index (χ1) is 13.1. The van der Waals surface area contributed by atoms with Crippen LogP contribution in [0.25, 0.3) is 11.1 Å². The number of aliphatic imine (C=N–C) groups is 1. The van der Waals surface area contributed by atoms with Crippen molar-refractivity contribution in [2.75, 3.05) is 0 Å². The van der Waals surface area contributed by atoms with E-state index in [2.05, 4.69) is 4.99 Å². The van der Waals surface area contributed by atoms with Crippen molar-refractivity contribution in [2.24, 2.45) is 4.99 Å². The van der Waals surface area contributed by atoms with Crippen LogP contribution in [0.1, 0.15) is 23.6 Å². The summed E-state index contributed by atoms with van der Waals surface area (Å²) in [6.45, 7) is 3.65. The van der Waals surface area contributed by atoms with E-state index in [1.165, 1.54) is 10.8 Å². The second-order valence-corrected chi connectivity index (χ2v) is 6.07. The van der Waals surface area contributed by atoms with Crippen LogP contribution in [0.2, 0.25) is 0 Å². The van der Waals surface area contributed by atoms with E-state index in [0.717, 1.165) is 11.1 Å². The molecule has 0 fully saturated rings. The summed E-state index contributed by atoms with van der Waals surface area (Å²) in [7, 11) is 0. The minimum Gasteiger partial charge on any atom is -0.494 e. The highest BCUT2D eigenvalue weighted by Gasteiger charge is 2.16. The molecule has 0 amide bonds. The molecule has 3 aromatic rings. The molecule has 5 heteroatoms. The molecular formula is C22H19N3O2. The minimum atomic E-state index is -0.487. The molecule has 0 saturated carbocycles. The SMILES string of the molecule is CCn1c(O)c(C=Nc2ccc(-c3ccccc3)cc2)c(C)c(C#N)c1=O. The van der Waals surface area contributed by atoms with Gasteiger partial charge in [-0.25, -0.2) is 0 Å². The molecule has 134 valence electrons. The van der Waals surface area contributed by atoms with Crippen LogP contribution in [-0.4, -0.2) is 15.9 Å². The van der Waals surface area contributed by atoms with E-state index >= 15 is 0 Å². The monoisotopic (exact) mass is 357 g/mol. The molecule has 0 aliphatic carbocycles. The van der Waals surface area contributed by atoms with Gasteiger partial charge in [-0.3, -0.25) is 14.4 Å². The Morgan fingerprint density at radius 2 is 1.74 bits per heavy atom. The van der Waals surface area contributed by atoms with Gasteiger partial charge in [0.25, 0.3) is 5.56 Å². The highest BCUT2D eigenvalue weighted by Crippen LogP contribution is 2.24. The van der Waals surface area contributed by atoms with Gasteiger partial charge in [-0.05, 0) is 42.7 Å². The van der Waals surface area contributed by atoms with Crippen molar-refractivity contribution >= 4 is 11.9 Å². The molecule has 0 radical (unpaired) electrons. The Hall–Kier alpha value is -3.65. The van der Waals surface area contributed by atoms with Gasteiger partial charge in [0.2, 0.25) is 5.88 Å². The van der Waals surface area contributed by atoms with Crippen LogP contribution in [0, 0.1) is 18.3 Å². The van der Waals surface area contributed by atoms with Crippen LogP contribution in [-0.2, 0) is 6.54 Å². The quantitative estimate of drug-likeness (QED) is 0.712. The summed E-state index contributed by atoms with van der Waals surface area (Å²) in [5.41, 5.74) is 3.25. The van der Waals surface area contributed by atoms with Gasteiger partial charge in [0.05, 0.1) is 11.3 Å². The molecule has 1 N–H and O–H groups in total. The fraction of sp³-hybridized carbons (Fsp3) is 0.136. The molecule has 0 atom stereocenters. The highest BCUT2D eigenvalue weighted by molar-refractivity contribution is 5.87. The van der Waals surface area contributed by atoms with Crippen LogP contribution in [0.3, 0.4) is 0 Å². The Morgan fingerprint density at radius 3 is 2.33 bits per heavy atom. The lowest BCUT2D eigenvalue weighted by molar-refractivity contribution is 0.409. The Balaban J connectivity index is 1.97. The third-order valence-corrected chi connectivity index (χ3v) is 4.48. The minimum absolute atomic E-state index is 0.0236. The van der Waals surface area contributed by atoms with Crippen molar-refractivity contribution in [1.82, 2.24) is 4.57 Å². The van der Waals surface area contributed by atoms with E-state index < -0.39 is 5.56 Å². The molecule has 0 aliphatic heterocycles. The predicted octanol–water partition coefficient (Wildman–Crippen LogP) is 4.17. The maximum Gasteiger partial charge on any atom is 0.271 e. The topological polar surface area (TPSA) is 78.4 Å². The first-order valence-corrected chi connectivity index (χ1v) is 8.62. The lowest BCUT2D eigenvalue weighted by atomic mass is 10.1.